The zero-order valence-electron chi connectivity index (χ0n) is 17.7. The van der Waals surface area contributed by atoms with E-state index in [0.29, 0.717) is 11.6 Å². The van der Waals surface area contributed by atoms with Gasteiger partial charge in [-0.15, -0.1) is 0 Å². The van der Waals surface area contributed by atoms with Gasteiger partial charge < -0.3 is 5.32 Å². The molecule has 1 heterocycles. The molecule has 2 aromatic carbocycles. The second kappa shape index (κ2) is 9.73. The van der Waals surface area contributed by atoms with Gasteiger partial charge in [-0.2, -0.15) is 0 Å². The molecule has 1 saturated heterocycles. The number of piperidine rings is 1. The molecule has 1 aliphatic rings. The number of aryl methyl sites for hydroxylation is 2. The third-order valence-corrected chi connectivity index (χ3v) is 6.88. The number of anilines is 1. The molecular weight excluding hydrogens is 398 g/mol. The highest BCUT2D eigenvalue weighted by molar-refractivity contribution is 7.89. The van der Waals surface area contributed by atoms with Crippen molar-refractivity contribution >= 4 is 21.6 Å². The average Bonchev–Trinajstić information content (AvgIpc) is 2.73. The molecule has 3 rings (SSSR count). The molecule has 1 fully saturated rings. The van der Waals surface area contributed by atoms with Gasteiger partial charge in [0.2, 0.25) is 15.9 Å². The predicted octanol–water partition coefficient (Wildman–Crippen LogP) is 3.31. The van der Waals surface area contributed by atoms with Crippen molar-refractivity contribution in [2.75, 3.05) is 18.4 Å². The highest BCUT2D eigenvalue weighted by Crippen LogP contribution is 2.24. The highest BCUT2D eigenvalue weighted by Gasteiger charge is 2.26. The number of sulfonamides is 1. The number of hydrogen-bond acceptors (Lipinski definition) is 4. The monoisotopic (exact) mass is 429 g/mol. The molecule has 2 aromatic rings. The van der Waals surface area contributed by atoms with Crippen molar-refractivity contribution in [2.45, 2.75) is 50.5 Å². The Morgan fingerprint density at radius 1 is 1.17 bits per heavy atom. The SMILES string of the molecule is Cc1ccc(CCC2CCN([C@@H](C)C(=O)Nc3cccc(S(N)(=O)=O)c3)CC2)cc1. The normalized spacial score (nSPS) is 16.9. The van der Waals surface area contributed by atoms with E-state index in [9.17, 15) is 13.2 Å². The summed E-state index contributed by atoms with van der Waals surface area (Å²) in [4.78, 5) is 14.8. The maximum Gasteiger partial charge on any atom is 0.241 e. The highest BCUT2D eigenvalue weighted by atomic mass is 32.2. The molecule has 0 spiro atoms. The second-order valence-electron chi connectivity index (χ2n) is 8.24. The standard InChI is InChI=1S/C23H31N3O3S/c1-17-6-8-19(9-7-17)10-11-20-12-14-26(15-13-20)18(2)23(27)25-21-4-3-5-22(16-21)30(24,28)29/h3-9,16,18,20H,10-15H2,1-2H3,(H,25,27)(H2,24,28,29)/t18-/m0/s1. The fraction of sp³-hybridized carbons (Fsp3) is 0.435. The summed E-state index contributed by atoms with van der Waals surface area (Å²) in [5, 5.41) is 7.98. The molecule has 1 atom stereocenters. The average molecular weight is 430 g/mol. The molecule has 0 unspecified atom stereocenters. The Balaban J connectivity index is 1.48. The van der Waals surface area contributed by atoms with Crippen LogP contribution in [0.15, 0.2) is 53.4 Å². The molecule has 1 aliphatic heterocycles. The van der Waals surface area contributed by atoms with Crippen LogP contribution in [0.4, 0.5) is 5.69 Å². The number of amides is 1. The van der Waals surface area contributed by atoms with E-state index >= 15 is 0 Å². The lowest BCUT2D eigenvalue weighted by molar-refractivity contribution is -0.121. The Kier molecular flexibility index (Phi) is 7.28. The number of nitrogens with one attached hydrogen (secondary N) is 1. The van der Waals surface area contributed by atoms with Gasteiger partial charge in [0.05, 0.1) is 10.9 Å². The van der Waals surface area contributed by atoms with Crippen molar-refractivity contribution in [3.63, 3.8) is 0 Å². The van der Waals surface area contributed by atoms with Crippen LogP contribution in [0.3, 0.4) is 0 Å². The number of benzene rings is 2. The summed E-state index contributed by atoms with van der Waals surface area (Å²) in [5.74, 6) is 0.545. The zero-order valence-corrected chi connectivity index (χ0v) is 18.5. The van der Waals surface area contributed by atoms with Gasteiger partial charge in [-0.25, -0.2) is 13.6 Å². The lowest BCUT2D eigenvalue weighted by Gasteiger charge is -2.35. The van der Waals surface area contributed by atoms with Crippen LogP contribution >= 0.6 is 0 Å². The van der Waals surface area contributed by atoms with Gasteiger partial charge in [0.15, 0.2) is 0 Å². The Morgan fingerprint density at radius 2 is 1.83 bits per heavy atom. The van der Waals surface area contributed by atoms with E-state index in [-0.39, 0.29) is 16.8 Å². The van der Waals surface area contributed by atoms with Crippen LogP contribution in [0.25, 0.3) is 0 Å². The molecule has 3 N–H and O–H groups in total. The van der Waals surface area contributed by atoms with E-state index in [1.54, 1.807) is 12.1 Å². The van der Waals surface area contributed by atoms with Crippen LogP contribution in [0.2, 0.25) is 0 Å². The van der Waals surface area contributed by atoms with Crippen LogP contribution in [0, 0.1) is 12.8 Å². The van der Waals surface area contributed by atoms with E-state index < -0.39 is 10.0 Å². The van der Waals surface area contributed by atoms with Gasteiger partial charge in [0, 0.05) is 5.69 Å². The number of nitrogens with two attached hydrogens (primary N) is 1. The lowest BCUT2D eigenvalue weighted by atomic mass is 9.90. The molecule has 30 heavy (non-hydrogen) atoms. The van der Waals surface area contributed by atoms with E-state index in [1.807, 2.05) is 6.92 Å². The summed E-state index contributed by atoms with van der Waals surface area (Å²) in [6.07, 6.45) is 4.45. The van der Waals surface area contributed by atoms with Crippen molar-refractivity contribution in [3.05, 3.63) is 59.7 Å². The molecule has 6 nitrogen and oxygen atoms in total. The summed E-state index contributed by atoms with van der Waals surface area (Å²) in [7, 11) is -3.80. The minimum absolute atomic E-state index is 0.0117. The fourth-order valence-corrected chi connectivity index (χ4v) is 4.48. The van der Waals surface area contributed by atoms with Gasteiger partial charge in [-0.1, -0.05) is 35.9 Å². The predicted molar refractivity (Wildman–Crippen MR) is 120 cm³/mol. The van der Waals surface area contributed by atoms with Gasteiger partial charge in [0.1, 0.15) is 0 Å². The molecule has 7 heteroatoms. The second-order valence-corrected chi connectivity index (χ2v) is 9.80. The molecule has 0 aromatic heterocycles. The first-order valence-electron chi connectivity index (χ1n) is 10.5. The van der Waals surface area contributed by atoms with Crippen molar-refractivity contribution in [2.24, 2.45) is 11.1 Å². The number of likely N-dealkylation sites (tertiary alicyclic amines) is 1. The van der Waals surface area contributed by atoms with Gasteiger partial charge in [0.25, 0.3) is 0 Å². The molecule has 0 bridgehead atoms. The topological polar surface area (TPSA) is 92.5 Å². The Labute approximate surface area is 179 Å². The van der Waals surface area contributed by atoms with Gasteiger partial charge >= 0.3 is 0 Å². The smallest absolute Gasteiger partial charge is 0.241 e. The van der Waals surface area contributed by atoms with E-state index in [0.717, 1.165) is 32.4 Å². The van der Waals surface area contributed by atoms with Crippen molar-refractivity contribution in [1.29, 1.82) is 0 Å². The Morgan fingerprint density at radius 3 is 2.47 bits per heavy atom. The first-order valence-corrected chi connectivity index (χ1v) is 12.0. The van der Waals surface area contributed by atoms with E-state index in [2.05, 4.69) is 41.4 Å². The van der Waals surface area contributed by atoms with Crippen molar-refractivity contribution in [1.82, 2.24) is 4.90 Å². The van der Waals surface area contributed by atoms with Crippen molar-refractivity contribution < 1.29 is 13.2 Å². The summed E-state index contributed by atoms with van der Waals surface area (Å²) >= 11 is 0. The van der Waals surface area contributed by atoms with Crippen LogP contribution in [0.1, 0.15) is 37.3 Å². The number of nitrogens with zero attached hydrogens (tertiary/aromatic N) is 1. The molecule has 1 amide bonds. The molecule has 0 radical (unpaired) electrons. The summed E-state index contributed by atoms with van der Waals surface area (Å²) < 4.78 is 23.0. The quantitative estimate of drug-likeness (QED) is 0.706. The van der Waals surface area contributed by atoms with Gasteiger partial charge in [-0.05, 0) is 82.3 Å². The number of carbonyl (C=O) groups excluding carboxylic acids is 1. The third kappa shape index (κ3) is 6.14. The van der Waals surface area contributed by atoms with E-state index in [4.69, 9.17) is 5.14 Å². The lowest BCUT2D eigenvalue weighted by Crippen LogP contribution is -2.46. The molecule has 162 valence electrons. The first-order chi connectivity index (χ1) is 14.2. The van der Waals surface area contributed by atoms with Crippen molar-refractivity contribution in [3.8, 4) is 0 Å². The van der Waals surface area contributed by atoms with E-state index in [1.165, 1.54) is 29.7 Å². The minimum Gasteiger partial charge on any atom is -0.325 e. The zero-order chi connectivity index (χ0) is 21.7. The Hall–Kier alpha value is -2.22. The van der Waals surface area contributed by atoms with Crippen LogP contribution in [0.5, 0.6) is 0 Å². The number of hydrogen-bond donors (Lipinski definition) is 2. The fourth-order valence-electron chi connectivity index (χ4n) is 3.92. The third-order valence-electron chi connectivity index (χ3n) is 5.97. The Bertz CT molecular complexity index is 965. The van der Waals surface area contributed by atoms with Crippen LogP contribution in [-0.4, -0.2) is 38.4 Å². The summed E-state index contributed by atoms with van der Waals surface area (Å²) in [5.41, 5.74) is 3.11. The summed E-state index contributed by atoms with van der Waals surface area (Å²) in [6.45, 7) is 5.79. The minimum atomic E-state index is -3.80. The largest absolute Gasteiger partial charge is 0.325 e. The van der Waals surface area contributed by atoms with Crippen LogP contribution < -0.4 is 10.5 Å². The number of carbonyl (C=O) groups is 1. The molecular formula is C23H31N3O3S. The van der Waals surface area contributed by atoms with Crippen LogP contribution in [-0.2, 0) is 21.2 Å². The molecule has 0 saturated carbocycles. The number of primary sulfonamides is 1. The van der Waals surface area contributed by atoms with Gasteiger partial charge in [-0.3, -0.25) is 9.69 Å². The maximum absolute atomic E-state index is 12.7. The maximum atomic E-state index is 12.7. The summed E-state index contributed by atoms with van der Waals surface area (Å²) in [6, 6.07) is 14.5. The first kappa shape index (κ1) is 22.5. The molecule has 0 aliphatic carbocycles. The number of rotatable bonds is 7.